The number of halogens is 3. The van der Waals surface area contributed by atoms with Crippen LogP contribution in [0.15, 0.2) is 66.9 Å². The zero-order valence-electron chi connectivity index (χ0n) is 18.7. The lowest BCUT2D eigenvalue weighted by molar-refractivity contribution is 0.173. The number of sulfonamides is 1. The average molecular weight is 518 g/mol. The van der Waals surface area contributed by atoms with E-state index in [-0.39, 0.29) is 10.8 Å². The summed E-state index contributed by atoms with van der Waals surface area (Å²) >= 11 is 6.58. The van der Waals surface area contributed by atoms with Crippen LogP contribution in [-0.2, 0) is 10.0 Å². The first-order chi connectivity index (χ1) is 16.7. The van der Waals surface area contributed by atoms with Gasteiger partial charge in [0.05, 0.1) is 33.7 Å². The Kier molecular flexibility index (Phi) is 6.25. The molecule has 0 aliphatic heterocycles. The van der Waals surface area contributed by atoms with Gasteiger partial charge in [-0.05, 0) is 73.9 Å². The maximum Gasteiger partial charge on any atom is 0.214 e. The van der Waals surface area contributed by atoms with Crippen molar-refractivity contribution in [2.24, 2.45) is 0 Å². The highest BCUT2D eigenvalue weighted by molar-refractivity contribution is 7.90. The largest absolute Gasteiger partial charge is 0.482 e. The molecule has 1 aliphatic carbocycles. The van der Waals surface area contributed by atoms with Crippen molar-refractivity contribution in [3.8, 4) is 11.4 Å². The predicted molar refractivity (Wildman–Crippen MR) is 130 cm³/mol. The van der Waals surface area contributed by atoms with Crippen LogP contribution in [0.3, 0.4) is 0 Å². The lowest BCUT2D eigenvalue weighted by Gasteiger charge is -2.27. The van der Waals surface area contributed by atoms with Crippen LogP contribution in [0.4, 0.5) is 8.78 Å². The molecular formula is C25H22ClF2N3O3S. The summed E-state index contributed by atoms with van der Waals surface area (Å²) in [5.41, 5.74) is 1.95. The smallest absolute Gasteiger partial charge is 0.214 e. The van der Waals surface area contributed by atoms with E-state index < -0.39 is 33.2 Å². The molecule has 1 saturated carbocycles. The Hall–Kier alpha value is -3.01. The van der Waals surface area contributed by atoms with Crippen LogP contribution in [0, 0.1) is 11.6 Å². The fourth-order valence-electron chi connectivity index (χ4n) is 3.95. The number of rotatable bonds is 8. The van der Waals surface area contributed by atoms with Gasteiger partial charge >= 0.3 is 0 Å². The Morgan fingerprint density at radius 3 is 2.31 bits per heavy atom. The summed E-state index contributed by atoms with van der Waals surface area (Å²) in [7, 11) is -3.49. The van der Waals surface area contributed by atoms with Gasteiger partial charge in [-0.2, -0.15) is 5.10 Å². The quantitative estimate of drug-likeness (QED) is 0.333. The minimum Gasteiger partial charge on any atom is -0.482 e. The normalized spacial score (nSPS) is 15.8. The van der Waals surface area contributed by atoms with Crippen molar-refractivity contribution in [1.29, 1.82) is 0 Å². The Morgan fingerprint density at radius 2 is 1.69 bits per heavy atom. The van der Waals surface area contributed by atoms with Gasteiger partial charge in [-0.15, -0.1) is 0 Å². The van der Waals surface area contributed by atoms with E-state index in [9.17, 15) is 17.2 Å². The van der Waals surface area contributed by atoms with Crippen molar-refractivity contribution < 1.29 is 21.9 Å². The third kappa shape index (κ3) is 5.03. The minimum atomic E-state index is -3.49. The predicted octanol–water partition coefficient (Wildman–Crippen LogP) is 5.55. The van der Waals surface area contributed by atoms with Crippen molar-refractivity contribution in [1.82, 2.24) is 14.5 Å². The second kappa shape index (κ2) is 9.22. The molecule has 1 fully saturated rings. The van der Waals surface area contributed by atoms with Crippen molar-refractivity contribution in [2.45, 2.75) is 37.2 Å². The van der Waals surface area contributed by atoms with Crippen LogP contribution < -0.4 is 9.46 Å². The number of benzene rings is 3. The van der Waals surface area contributed by atoms with Gasteiger partial charge in [-0.25, -0.2) is 26.6 Å². The number of aromatic nitrogens is 2. The first-order valence-electron chi connectivity index (χ1n) is 11.1. The van der Waals surface area contributed by atoms with Crippen LogP contribution >= 0.6 is 11.6 Å². The number of nitrogens with zero attached hydrogens (tertiary/aromatic N) is 2. The molecule has 0 spiro atoms. The molecule has 4 aromatic rings. The van der Waals surface area contributed by atoms with Gasteiger partial charge in [-0.1, -0.05) is 23.7 Å². The van der Waals surface area contributed by atoms with Gasteiger partial charge in [0.15, 0.2) is 0 Å². The zero-order chi connectivity index (χ0) is 24.7. The number of nitrogens with one attached hydrogen (secondary N) is 1. The summed E-state index contributed by atoms with van der Waals surface area (Å²) in [6.45, 7) is 1.70. The third-order valence-corrected chi connectivity index (χ3v) is 8.26. The second-order valence-corrected chi connectivity index (χ2v) is 11.0. The molecule has 35 heavy (non-hydrogen) atoms. The van der Waals surface area contributed by atoms with E-state index in [2.05, 4.69) is 9.82 Å². The van der Waals surface area contributed by atoms with E-state index in [1.54, 1.807) is 54.2 Å². The standard InChI is InChI=1S/C25H22ClF2N3O3S/c1-15(30-35(32,33)21-10-11-21)25(16-2-4-18(27)5-3-16)34-24-12-17-14-29-31(23(17)13-22(24)26)20-8-6-19(28)7-9-20/h2-9,12-15,21,25,30H,10-11H2,1H3/t15-,25-/m0/s1. The molecule has 0 saturated heterocycles. The number of hydrogen-bond donors (Lipinski definition) is 1. The first kappa shape index (κ1) is 23.7. The molecule has 0 radical (unpaired) electrons. The molecule has 5 rings (SSSR count). The van der Waals surface area contributed by atoms with Crippen molar-refractivity contribution >= 4 is 32.5 Å². The molecule has 0 bridgehead atoms. The third-order valence-electron chi connectivity index (χ3n) is 5.91. The summed E-state index contributed by atoms with van der Waals surface area (Å²) in [6.07, 6.45) is 2.12. The summed E-state index contributed by atoms with van der Waals surface area (Å²) in [4.78, 5) is 0. The van der Waals surface area contributed by atoms with Crippen LogP contribution in [0.2, 0.25) is 5.02 Å². The fourth-order valence-corrected chi connectivity index (χ4v) is 5.74. The fraction of sp³-hybridized carbons (Fsp3) is 0.240. The van der Waals surface area contributed by atoms with Gasteiger partial charge in [0.25, 0.3) is 0 Å². The Bertz CT molecular complexity index is 1470. The highest BCUT2D eigenvalue weighted by Gasteiger charge is 2.38. The maximum atomic E-state index is 13.6. The monoisotopic (exact) mass is 517 g/mol. The van der Waals surface area contributed by atoms with Crippen LogP contribution in [-0.4, -0.2) is 29.5 Å². The topological polar surface area (TPSA) is 73.2 Å². The van der Waals surface area contributed by atoms with Crippen LogP contribution in [0.25, 0.3) is 16.6 Å². The molecule has 6 nitrogen and oxygen atoms in total. The van der Waals surface area contributed by atoms with E-state index in [0.717, 1.165) is 5.39 Å². The first-order valence-corrected chi connectivity index (χ1v) is 13.0. The van der Waals surface area contributed by atoms with Crippen molar-refractivity contribution in [3.05, 3.63) is 89.1 Å². The van der Waals surface area contributed by atoms with E-state index >= 15 is 0 Å². The molecule has 1 aliphatic rings. The number of hydrogen-bond acceptors (Lipinski definition) is 4. The van der Waals surface area contributed by atoms with Gasteiger partial charge in [0.1, 0.15) is 23.5 Å². The van der Waals surface area contributed by atoms with Crippen LogP contribution in [0.1, 0.15) is 31.4 Å². The number of ether oxygens (including phenoxy) is 1. The van der Waals surface area contributed by atoms with Gasteiger partial charge in [0.2, 0.25) is 10.0 Å². The Morgan fingerprint density at radius 1 is 1.06 bits per heavy atom. The molecule has 0 unspecified atom stereocenters. The van der Waals surface area contributed by atoms with E-state index in [1.807, 2.05) is 0 Å². The molecule has 1 heterocycles. The molecule has 2 atom stereocenters. The van der Waals surface area contributed by atoms with Gasteiger partial charge in [0, 0.05) is 5.39 Å². The molecule has 10 heteroatoms. The van der Waals surface area contributed by atoms with Crippen molar-refractivity contribution in [3.63, 3.8) is 0 Å². The lowest BCUT2D eigenvalue weighted by Crippen LogP contribution is -2.40. The van der Waals surface area contributed by atoms with Crippen LogP contribution in [0.5, 0.6) is 5.75 Å². The molecule has 182 valence electrons. The molecule has 0 amide bonds. The number of fused-ring (bicyclic) bond motifs is 1. The Labute approximate surface area is 206 Å². The SMILES string of the molecule is C[C@H](NS(=O)(=O)C1CC1)[C@H](Oc1cc2cnn(-c3ccc(F)cc3)c2cc1Cl)c1ccc(F)cc1. The maximum absolute atomic E-state index is 13.6. The summed E-state index contributed by atoms with van der Waals surface area (Å²) in [6, 6.07) is 14.4. The summed E-state index contributed by atoms with van der Waals surface area (Å²) in [5, 5.41) is 4.99. The second-order valence-electron chi connectivity index (χ2n) is 8.62. The van der Waals surface area contributed by atoms with E-state index in [4.69, 9.17) is 16.3 Å². The molecular weight excluding hydrogens is 496 g/mol. The highest BCUT2D eigenvalue weighted by atomic mass is 35.5. The highest BCUT2D eigenvalue weighted by Crippen LogP contribution is 2.36. The zero-order valence-corrected chi connectivity index (χ0v) is 20.2. The van der Waals surface area contributed by atoms with E-state index in [1.165, 1.54) is 24.3 Å². The van der Waals surface area contributed by atoms with Gasteiger partial charge < -0.3 is 4.74 Å². The minimum absolute atomic E-state index is 0.283. The molecule has 1 N–H and O–H groups in total. The summed E-state index contributed by atoms with van der Waals surface area (Å²) < 4.78 is 62.6. The van der Waals surface area contributed by atoms with Crippen molar-refractivity contribution in [2.75, 3.05) is 0 Å². The summed E-state index contributed by atoms with van der Waals surface area (Å²) in [5.74, 6) is -0.437. The lowest BCUT2D eigenvalue weighted by atomic mass is 10.0. The molecule has 1 aromatic heterocycles. The van der Waals surface area contributed by atoms with Gasteiger partial charge in [-0.3, -0.25) is 0 Å². The van der Waals surface area contributed by atoms with E-state index in [0.29, 0.717) is 35.4 Å². The average Bonchev–Trinajstić information content (AvgIpc) is 3.61. The molecule has 3 aromatic carbocycles. The Balaban J connectivity index is 1.49.